The minimum absolute atomic E-state index is 0.380. The highest BCUT2D eigenvalue weighted by Gasteiger charge is 1.98. The first-order valence-electron chi connectivity index (χ1n) is 7.35. The average molecular weight is 280 g/mol. The van der Waals surface area contributed by atoms with Crippen LogP contribution in [-0.2, 0) is 0 Å². The number of para-hydroxylation sites is 1. The molecule has 0 atom stereocenters. The van der Waals surface area contributed by atoms with Gasteiger partial charge < -0.3 is 4.74 Å². The number of unbranched alkanes of at least 4 members (excludes halogenated alkanes) is 1. The summed E-state index contributed by atoms with van der Waals surface area (Å²) in [5, 5.41) is 0. The van der Waals surface area contributed by atoms with Gasteiger partial charge in [0.25, 0.3) is 0 Å². The van der Waals surface area contributed by atoms with E-state index in [9.17, 15) is 0 Å². The quantitative estimate of drug-likeness (QED) is 0.500. The molecule has 0 aliphatic carbocycles. The highest BCUT2D eigenvalue weighted by Crippen LogP contribution is 2.20. The molecule has 21 heavy (non-hydrogen) atoms. The summed E-state index contributed by atoms with van der Waals surface area (Å²) in [4.78, 5) is 0. The number of rotatable bonds is 6. The molecule has 0 aromatic heterocycles. The first kappa shape index (κ1) is 16.9. The van der Waals surface area contributed by atoms with E-state index in [1.807, 2.05) is 24.3 Å². The maximum atomic E-state index is 5.76. The molecule has 0 saturated heterocycles. The SMILES string of the molecule is C=C/C(C#CCOc1ccccc1C=C(C)C)=C\CCC. The molecule has 0 aliphatic rings. The number of hydrogen-bond acceptors (Lipinski definition) is 1. The van der Waals surface area contributed by atoms with Gasteiger partial charge >= 0.3 is 0 Å². The maximum absolute atomic E-state index is 5.76. The summed E-state index contributed by atoms with van der Waals surface area (Å²) < 4.78 is 5.76. The van der Waals surface area contributed by atoms with Crippen LogP contribution in [0.3, 0.4) is 0 Å². The second kappa shape index (κ2) is 9.66. The Bertz CT molecular complexity index is 575. The number of hydrogen-bond donors (Lipinski definition) is 0. The van der Waals surface area contributed by atoms with Crippen LogP contribution < -0.4 is 4.74 Å². The number of allylic oxidation sites excluding steroid dienone is 4. The highest BCUT2D eigenvalue weighted by atomic mass is 16.5. The van der Waals surface area contributed by atoms with Crippen LogP contribution in [0.5, 0.6) is 5.75 Å². The van der Waals surface area contributed by atoms with E-state index in [1.165, 1.54) is 5.57 Å². The van der Waals surface area contributed by atoms with E-state index in [-0.39, 0.29) is 0 Å². The van der Waals surface area contributed by atoms with Crippen molar-refractivity contribution >= 4 is 6.08 Å². The van der Waals surface area contributed by atoms with E-state index in [0.29, 0.717) is 6.61 Å². The molecule has 0 saturated carbocycles. The van der Waals surface area contributed by atoms with E-state index < -0.39 is 0 Å². The lowest BCUT2D eigenvalue weighted by Crippen LogP contribution is -1.96. The fraction of sp³-hybridized carbons (Fsp3) is 0.300. The van der Waals surface area contributed by atoms with Crippen LogP contribution in [0.25, 0.3) is 6.08 Å². The lowest BCUT2D eigenvalue weighted by molar-refractivity contribution is 0.369. The van der Waals surface area contributed by atoms with Crippen molar-refractivity contribution in [2.24, 2.45) is 0 Å². The van der Waals surface area contributed by atoms with Gasteiger partial charge in [0, 0.05) is 11.1 Å². The van der Waals surface area contributed by atoms with Gasteiger partial charge in [-0.3, -0.25) is 0 Å². The predicted octanol–water partition coefficient (Wildman–Crippen LogP) is 5.40. The standard InChI is InChI=1S/C20H24O/c1-5-7-11-18(6-2)12-10-15-21-20-14-9-8-13-19(20)16-17(3)4/h6,8-9,11,13-14,16H,2,5,7,15H2,1,3-4H3/b18-11+. The second-order valence-corrected chi connectivity index (χ2v) is 5.00. The molecular formula is C20H24O. The molecule has 0 bridgehead atoms. The number of benzene rings is 1. The third kappa shape index (κ3) is 6.68. The van der Waals surface area contributed by atoms with Gasteiger partial charge in [-0.1, -0.05) is 73.8 Å². The molecule has 1 aromatic carbocycles. The van der Waals surface area contributed by atoms with Crippen LogP contribution in [0.1, 0.15) is 39.2 Å². The molecule has 0 radical (unpaired) electrons. The Morgan fingerprint density at radius 1 is 1.29 bits per heavy atom. The Labute approximate surface area is 129 Å². The van der Waals surface area contributed by atoms with Crippen molar-refractivity contribution in [1.82, 2.24) is 0 Å². The molecule has 0 amide bonds. The number of ether oxygens (including phenoxy) is 1. The van der Waals surface area contributed by atoms with E-state index >= 15 is 0 Å². The first-order valence-corrected chi connectivity index (χ1v) is 7.35. The zero-order valence-electron chi connectivity index (χ0n) is 13.3. The monoisotopic (exact) mass is 280 g/mol. The van der Waals surface area contributed by atoms with Crippen LogP contribution in [0.15, 0.2) is 54.1 Å². The van der Waals surface area contributed by atoms with E-state index in [4.69, 9.17) is 4.74 Å². The molecule has 1 heteroatoms. The van der Waals surface area contributed by atoms with Crippen LogP contribution in [0, 0.1) is 11.8 Å². The van der Waals surface area contributed by atoms with Gasteiger partial charge in [-0.05, 0) is 26.3 Å². The summed E-state index contributed by atoms with van der Waals surface area (Å²) in [7, 11) is 0. The van der Waals surface area contributed by atoms with Crippen molar-refractivity contribution in [2.75, 3.05) is 6.61 Å². The fourth-order valence-corrected chi connectivity index (χ4v) is 1.78. The van der Waals surface area contributed by atoms with Gasteiger partial charge in [-0.2, -0.15) is 0 Å². The maximum Gasteiger partial charge on any atom is 0.149 e. The van der Waals surface area contributed by atoms with Gasteiger partial charge in [0.1, 0.15) is 12.4 Å². The Kier molecular flexibility index (Phi) is 7.76. The van der Waals surface area contributed by atoms with Crippen molar-refractivity contribution < 1.29 is 4.74 Å². The van der Waals surface area contributed by atoms with Gasteiger partial charge in [0.2, 0.25) is 0 Å². The molecule has 1 rings (SSSR count). The van der Waals surface area contributed by atoms with Crippen molar-refractivity contribution in [1.29, 1.82) is 0 Å². The summed E-state index contributed by atoms with van der Waals surface area (Å²) in [5.41, 5.74) is 3.30. The van der Waals surface area contributed by atoms with Crippen LogP contribution in [0.2, 0.25) is 0 Å². The molecule has 0 fully saturated rings. The molecule has 0 unspecified atom stereocenters. The molecular weight excluding hydrogens is 256 g/mol. The van der Waals surface area contributed by atoms with Crippen molar-refractivity contribution in [2.45, 2.75) is 33.6 Å². The van der Waals surface area contributed by atoms with E-state index in [0.717, 1.165) is 29.7 Å². The largest absolute Gasteiger partial charge is 0.480 e. The molecule has 110 valence electrons. The smallest absolute Gasteiger partial charge is 0.149 e. The van der Waals surface area contributed by atoms with Gasteiger partial charge in [-0.25, -0.2) is 0 Å². The normalized spacial score (nSPS) is 10.3. The first-order chi connectivity index (χ1) is 10.2. The molecule has 0 aliphatic heterocycles. The molecule has 0 heterocycles. The lowest BCUT2D eigenvalue weighted by Gasteiger charge is -2.06. The minimum atomic E-state index is 0.380. The summed E-state index contributed by atoms with van der Waals surface area (Å²) in [6.45, 7) is 10.5. The zero-order valence-corrected chi connectivity index (χ0v) is 13.3. The third-order valence-corrected chi connectivity index (χ3v) is 2.77. The van der Waals surface area contributed by atoms with E-state index in [1.54, 1.807) is 6.08 Å². The summed E-state index contributed by atoms with van der Waals surface area (Å²) in [6.07, 6.45) is 8.15. The lowest BCUT2D eigenvalue weighted by atomic mass is 10.1. The van der Waals surface area contributed by atoms with Crippen LogP contribution in [0.4, 0.5) is 0 Å². The minimum Gasteiger partial charge on any atom is -0.480 e. The zero-order chi connectivity index (χ0) is 15.5. The van der Waals surface area contributed by atoms with Crippen LogP contribution >= 0.6 is 0 Å². The molecule has 1 nitrogen and oxygen atoms in total. The van der Waals surface area contributed by atoms with Crippen molar-refractivity contribution in [3.63, 3.8) is 0 Å². The fourth-order valence-electron chi connectivity index (χ4n) is 1.78. The predicted molar refractivity (Wildman–Crippen MR) is 92.2 cm³/mol. The molecule has 0 spiro atoms. The Morgan fingerprint density at radius 2 is 2.05 bits per heavy atom. The third-order valence-electron chi connectivity index (χ3n) is 2.77. The summed E-state index contributed by atoms with van der Waals surface area (Å²) >= 11 is 0. The Hall–Kier alpha value is -2.20. The van der Waals surface area contributed by atoms with Gasteiger partial charge in [0.05, 0.1) is 0 Å². The second-order valence-electron chi connectivity index (χ2n) is 5.00. The van der Waals surface area contributed by atoms with Crippen LogP contribution in [-0.4, -0.2) is 6.61 Å². The highest BCUT2D eigenvalue weighted by molar-refractivity contribution is 5.59. The molecule has 1 aromatic rings. The van der Waals surface area contributed by atoms with Gasteiger partial charge in [0.15, 0.2) is 0 Å². The Balaban J connectivity index is 2.69. The van der Waals surface area contributed by atoms with Crippen molar-refractivity contribution in [3.8, 4) is 17.6 Å². The molecule has 0 N–H and O–H groups in total. The van der Waals surface area contributed by atoms with Gasteiger partial charge in [-0.15, -0.1) is 0 Å². The summed E-state index contributed by atoms with van der Waals surface area (Å²) in [6, 6.07) is 8.00. The average Bonchev–Trinajstić information content (AvgIpc) is 2.47. The summed E-state index contributed by atoms with van der Waals surface area (Å²) in [5.74, 6) is 7.00. The Morgan fingerprint density at radius 3 is 2.71 bits per heavy atom. The van der Waals surface area contributed by atoms with Crippen molar-refractivity contribution in [3.05, 3.63) is 59.7 Å². The van der Waals surface area contributed by atoms with E-state index in [2.05, 4.69) is 51.3 Å². The topological polar surface area (TPSA) is 9.23 Å².